The zero-order chi connectivity index (χ0) is 30.4. The molecular weight excluding hydrogens is 518 g/mol. The molecule has 1 aromatic carbocycles. The fourth-order valence-corrected chi connectivity index (χ4v) is 9.19. The summed E-state index contributed by atoms with van der Waals surface area (Å²) in [4.78, 5) is 16.0. The summed E-state index contributed by atoms with van der Waals surface area (Å²) in [6, 6.07) is 4.93. The van der Waals surface area contributed by atoms with E-state index in [1.54, 1.807) is 5.56 Å². The first-order chi connectivity index (χ1) is 19.9. The molecule has 0 amide bonds. The predicted molar refractivity (Wildman–Crippen MR) is 174 cm³/mol. The molecule has 0 aliphatic heterocycles. The zero-order valence-corrected chi connectivity index (χ0v) is 27.3. The van der Waals surface area contributed by atoms with E-state index in [1.165, 1.54) is 58.8 Å². The van der Waals surface area contributed by atoms with E-state index in [1.807, 2.05) is 13.0 Å². The number of carbonyl (C=O) groups is 1. The number of fused-ring (bicyclic) bond motifs is 7. The molecule has 0 radical (unpaired) electrons. The molecule has 2 N–H and O–H groups in total. The van der Waals surface area contributed by atoms with Gasteiger partial charge in [0.15, 0.2) is 0 Å². The van der Waals surface area contributed by atoms with E-state index in [4.69, 9.17) is 4.74 Å². The van der Waals surface area contributed by atoms with Gasteiger partial charge in [-0.25, -0.2) is 4.79 Å². The Hall–Kier alpha value is -2.59. The van der Waals surface area contributed by atoms with Crippen LogP contribution < -0.4 is 0 Å². The molecule has 1 heterocycles. The largest absolute Gasteiger partial charge is 0.466 e. The van der Waals surface area contributed by atoms with Gasteiger partial charge in [-0.15, -0.1) is 0 Å². The molecular formula is C38H53NO3. The molecule has 0 bridgehead atoms. The van der Waals surface area contributed by atoms with Crippen LogP contribution in [0.1, 0.15) is 115 Å². The van der Waals surface area contributed by atoms with Crippen LogP contribution in [0, 0.1) is 22.7 Å². The van der Waals surface area contributed by atoms with E-state index in [0.717, 1.165) is 44.9 Å². The molecule has 6 atom stereocenters. The molecule has 42 heavy (non-hydrogen) atoms. The van der Waals surface area contributed by atoms with Crippen molar-refractivity contribution in [2.24, 2.45) is 22.7 Å². The van der Waals surface area contributed by atoms with E-state index in [0.29, 0.717) is 23.3 Å². The third-order valence-electron chi connectivity index (χ3n) is 11.5. The monoisotopic (exact) mass is 571 g/mol. The van der Waals surface area contributed by atoms with Crippen LogP contribution in [0.25, 0.3) is 10.9 Å². The van der Waals surface area contributed by atoms with Crippen molar-refractivity contribution in [1.82, 2.24) is 4.98 Å². The number of hydrogen-bond donors (Lipinski definition) is 2. The number of aromatic amines is 1. The number of H-pyrrole nitrogens is 1. The Morgan fingerprint density at radius 2 is 1.67 bits per heavy atom. The first kappa shape index (κ1) is 30.9. The molecule has 1 aromatic heterocycles. The van der Waals surface area contributed by atoms with Gasteiger partial charge in [-0.2, -0.15) is 0 Å². The lowest BCUT2D eigenvalue weighted by atomic mass is 9.45. The maximum absolute atomic E-state index is 12.0. The van der Waals surface area contributed by atoms with Crippen LogP contribution in [0.2, 0.25) is 0 Å². The number of hydrogen-bond acceptors (Lipinski definition) is 3. The Kier molecular flexibility index (Phi) is 8.69. The van der Waals surface area contributed by atoms with E-state index >= 15 is 0 Å². The zero-order valence-electron chi connectivity index (χ0n) is 27.3. The fourth-order valence-electron chi connectivity index (χ4n) is 9.19. The second kappa shape index (κ2) is 11.8. The number of esters is 1. The topological polar surface area (TPSA) is 62.3 Å². The number of ether oxygens (including phenoxy) is 1. The fraction of sp³-hybridized carbons (Fsp3) is 0.605. The SMILES string of the molecule is COC(=O)/C(C)=C/CC[C@@]1(C)[C@@H]2CC[C@H]3Cc4c([nH]c5cc(CC=C(C)C)c(CC=C(C)C)cc45)[C@@H]3[C@@]2(C)CC[C@@H]1O. The number of rotatable bonds is 8. The van der Waals surface area contributed by atoms with Crippen LogP contribution in [-0.2, 0) is 28.8 Å². The molecule has 2 saturated carbocycles. The number of nitrogens with one attached hydrogen (secondary N) is 1. The number of benzene rings is 1. The maximum Gasteiger partial charge on any atom is 0.333 e. The molecule has 2 aromatic rings. The van der Waals surface area contributed by atoms with Gasteiger partial charge in [-0.05, 0) is 144 Å². The van der Waals surface area contributed by atoms with Gasteiger partial charge in [0.1, 0.15) is 0 Å². The Bertz CT molecular complexity index is 1430. The first-order valence-electron chi connectivity index (χ1n) is 16.2. The van der Waals surface area contributed by atoms with Crippen molar-refractivity contribution in [1.29, 1.82) is 0 Å². The standard InChI is InChI=1S/C38H53NO3/c1-23(2)11-13-26-20-29-30-21-28-15-16-32-37(6,18-9-10-25(5)36(41)42-8)33(40)17-19-38(32,7)34(28)35(30)39-31(29)22-27(26)14-12-24(3)4/h10-12,20,22,28,32-34,39-40H,9,13-19,21H2,1-8H3/b25-10+/t28-,32-,33-,34+,37-,38-/m0/s1. The van der Waals surface area contributed by atoms with Crippen molar-refractivity contribution in [2.45, 2.75) is 118 Å². The Morgan fingerprint density at radius 1 is 1.00 bits per heavy atom. The highest BCUT2D eigenvalue weighted by Crippen LogP contribution is 2.67. The van der Waals surface area contributed by atoms with Crippen LogP contribution >= 0.6 is 0 Å². The predicted octanol–water partition coefficient (Wildman–Crippen LogP) is 8.92. The lowest BCUT2D eigenvalue weighted by Gasteiger charge is -2.60. The van der Waals surface area contributed by atoms with E-state index in [9.17, 15) is 9.90 Å². The van der Waals surface area contributed by atoms with Gasteiger partial charge in [0.25, 0.3) is 0 Å². The molecule has 0 spiro atoms. The van der Waals surface area contributed by atoms with Gasteiger partial charge >= 0.3 is 5.97 Å². The van der Waals surface area contributed by atoms with Gasteiger partial charge in [0, 0.05) is 28.1 Å². The van der Waals surface area contributed by atoms with E-state index < -0.39 is 0 Å². The number of carbonyl (C=O) groups excluding carboxylic acids is 1. The van der Waals surface area contributed by atoms with Gasteiger partial charge in [0.2, 0.25) is 0 Å². The molecule has 3 aliphatic rings. The number of aliphatic hydroxyl groups is 1. The summed E-state index contributed by atoms with van der Waals surface area (Å²) in [5, 5.41) is 12.9. The van der Waals surface area contributed by atoms with Gasteiger partial charge in [-0.1, -0.05) is 43.2 Å². The van der Waals surface area contributed by atoms with Crippen LogP contribution in [0.3, 0.4) is 0 Å². The van der Waals surface area contributed by atoms with Crippen LogP contribution in [-0.4, -0.2) is 29.3 Å². The minimum atomic E-state index is -0.308. The van der Waals surface area contributed by atoms with Crippen LogP contribution in [0.4, 0.5) is 0 Å². The highest BCUT2D eigenvalue weighted by atomic mass is 16.5. The van der Waals surface area contributed by atoms with Crippen LogP contribution in [0.5, 0.6) is 0 Å². The third-order valence-corrected chi connectivity index (χ3v) is 11.5. The smallest absolute Gasteiger partial charge is 0.333 e. The number of aromatic nitrogens is 1. The molecule has 0 saturated heterocycles. The molecule has 4 heteroatoms. The summed E-state index contributed by atoms with van der Waals surface area (Å²) in [5.41, 5.74) is 10.6. The van der Waals surface area contributed by atoms with Crippen molar-refractivity contribution < 1.29 is 14.6 Å². The summed E-state index contributed by atoms with van der Waals surface area (Å²) in [6.45, 7) is 15.4. The number of methoxy groups -OCH3 is 1. The molecule has 3 aliphatic carbocycles. The maximum atomic E-state index is 12.0. The third kappa shape index (κ3) is 5.45. The van der Waals surface area contributed by atoms with Crippen molar-refractivity contribution in [2.75, 3.05) is 7.11 Å². The summed E-state index contributed by atoms with van der Waals surface area (Å²) < 4.78 is 4.91. The minimum absolute atomic E-state index is 0.139. The van der Waals surface area contributed by atoms with Gasteiger partial charge < -0.3 is 14.8 Å². The van der Waals surface area contributed by atoms with Crippen molar-refractivity contribution in [3.8, 4) is 0 Å². The molecule has 2 fully saturated rings. The van der Waals surface area contributed by atoms with E-state index in [2.05, 4.69) is 70.8 Å². The first-order valence-corrected chi connectivity index (χ1v) is 16.2. The normalized spacial score (nSPS) is 30.4. The lowest BCUT2D eigenvalue weighted by Crippen LogP contribution is -2.56. The summed E-state index contributed by atoms with van der Waals surface area (Å²) in [7, 11) is 1.43. The number of aliphatic hydroxyl groups excluding tert-OH is 1. The molecule has 4 nitrogen and oxygen atoms in total. The number of allylic oxidation sites excluding steroid dienone is 5. The quantitative estimate of drug-likeness (QED) is 0.189. The Labute approximate surface area is 253 Å². The average Bonchev–Trinajstić information content (AvgIpc) is 3.48. The summed E-state index contributed by atoms with van der Waals surface area (Å²) in [6.07, 6.45) is 15.5. The lowest BCUT2D eigenvalue weighted by molar-refractivity contribution is -0.142. The second-order valence-corrected chi connectivity index (χ2v) is 14.7. The van der Waals surface area contributed by atoms with Gasteiger partial charge in [-0.3, -0.25) is 0 Å². The second-order valence-electron chi connectivity index (χ2n) is 14.7. The Morgan fingerprint density at radius 3 is 2.31 bits per heavy atom. The van der Waals surface area contributed by atoms with E-state index in [-0.39, 0.29) is 22.9 Å². The summed E-state index contributed by atoms with van der Waals surface area (Å²) >= 11 is 0. The highest BCUT2D eigenvalue weighted by molar-refractivity contribution is 5.88. The van der Waals surface area contributed by atoms with Crippen molar-refractivity contribution in [3.05, 3.63) is 69.5 Å². The molecule has 0 unspecified atom stereocenters. The average molecular weight is 572 g/mol. The molecule has 5 rings (SSSR count). The minimum Gasteiger partial charge on any atom is -0.466 e. The van der Waals surface area contributed by atoms with Gasteiger partial charge in [0.05, 0.1) is 13.2 Å². The summed E-state index contributed by atoms with van der Waals surface area (Å²) in [5.74, 6) is 1.35. The Balaban J connectivity index is 1.51. The van der Waals surface area contributed by atoms with Crippen LogP contribution in [0.15, 0.2) is 47.1 Å². The van der Waals surface area contributed by atoms with Crippen molar-refractivity contribution >= 4 is 16.9 Å². The molecule has 228 valence electrons. The van der Waals surface area contributed by atoms with Crippen molar-refractivity contribution in [3.63, 3.8) is 0 Å². The highest BCUT2D eigenvalue weighted by Gasteiger charge is 2.60.